The van der Waals surface area contributed by atoms with E-state index in [-0.39, 0.29) is 16.8 Å². The Morgan fingerprint density at radius 3 is 2.20 bits per heavy atom. The zero-order valence-corrected chi connectivity index (χ0v) is 16.6. The van der Waals surface area contributed by atoms with Gasteiger partial charge in [-0.05, 0) is 56.9 Å². The summed E-state index contributed by atoms with van der Waals surface area (Å²) >= 11 is 0. The second kappa shape index (κ2) is 8.78. The highest BCUT2D eigenvalue weighted by atomic mass is 32.2. The van der Waals surface area contributed by atoms with Crippen LogP contribution < -0.4 is 15.8 Å². The van der Waals surface area contributed by atoms with Crippen LogP contribution >= 0.6 is 0 Å². The van der Waals surface area contributed by atoms with Gasteiger partial charge in [-0.25, -0.2) is 13.1 Å². The van der Waals surface area contributed by atoms with Gasteiger partial charge < -0.3 is 11.1 Å². The van der Waals surface area contributed by atoms with Crippen LogP contribution in [0.3, 0.4) is 0 Å². The van der Waals surface area contributed by atoms with Gasteiger partial charge in [0.1, 0.15) is 0 Å². The molecule has 2 atom stereocenters. The van der Waals surface area contributed by atoms with Crippen molar-refractivity contribution >= 4 is 15.9 Å². The Morgan fingerprint density at radius 1 is 1.20 bits per heavy atom. The van der Waals surface area contributed by atoms with Gasteiger partial charge in [0, 0.05) is 23.7 Å². The molecule has 2 unspecified atom stereocenters. The molecule has 4 N–H and O–H groups in total. The number of hydrogen-bond donors (Lipinski definition) is 3. The number of carbonyl (C=O) groups is 1. The fourth-order valence-corrected chi connectivity index (χ4v) is 3.96. The van der Waals surface area contributed by atoms with Crippen LogP contribution in [0.1, 0.15) is 57.8 Å². The van der Waals surface area contributed by atoms with Gasteiger partial charge in [0.05, 0.1) is 4.90 Å². The molecule has 0 fully saturated rings. The highest BCUT2D eigenvalue weighted by molar-refractivity contribution is 7.89. The van der Waals surface area contributed by atoms with E-state index in [2.05, 4.69) is 23.9 Å². The number of benzene rings is 1. The van der Waals surface area contributed by atoms with Crippen molar-refractivity contribution in [3.63, 3.8) is 0 Å². The van der Waals surface area contributed by atoms with Gasteiger partial charge in [0.25, 0.3) is 5.91 Å². The second-order valence-corrected chi connectivity index (χ2v) is 8.99. The molecular formula is C18H31N3O3S. The van der Waals surface area contributed by atoms with Gasteiger partial charge in [-0.2, -0.15) is 0 Å². The third kappa shape index (κ3) is 6.41. The monoisotopic (exact) mass is 369 g/mol. The maximum absolute atomic E-state index is 12.5. The van der Waals surface area contributed by atoms with E-state index in [0.29, 0.717) is 24.4 Å². The molecule has 1 aromatic carbocycles. The van der Waals surface area contributed by atoms with Crippen LogP contribution in [0.5, 0.6) is 0 Å². The highest BCUT2D eigenvalue weighted by Gasteiger charge is 2.26. The number of sulfonamides is 1. The first-order valence-corrected chi connectivity index (χ1v) is 10.2. The van der Waals surface area contributed by atoms with Crippen LogP contribution in [0.2, 0.25) is 0 Å². The summed E-state index contributed by atoms with van der Waals surface area (Å²) in [5.41, 5.74) is 5.74. The standard InChI is InChI=1S/C18H31N3O3S/c1-6-14(4)21-25(23,24)16-9-7-15(8-10-16)17(22)20-18(5,12-19)11-13(2)3/h7-10,13-14,21H,6,11-12,19H2,1-5H3,(H,20,22). The Morgan fingerprint density at radius 2 is 1.76 bits per heavy atom. The molecule has 0 aliphatic carbocycles. The fourth-order valence-electron chi connectivity index (χ4n) is 2.63. The Hall–Kier alpha value is -1.44. The van der Waals surface area contributed by atoms with E-state index in [9.17, 15) is 13.2 Å². The van der Waals surface area contributed by atoms with E-state index < -0.39 is 15.6 Å². The third-order valence-electron chi connectivity index (χ3n) is 4.12. The van der Waals surface area contributed by atoms with E-state index in [0.717, 1.165) is 6.42 Å². The lowest BCUT2D eigenvalue weighted by Gasteiger charge is -2.31. The second-order valence-electron chi connectivity index (χ2n) is 7.27. The molecule has 0 radical (unpaired) electrons. The lowest BCUT2D eigenvalue weighted by atomic mass is 9.90. The fraction of sp³-hybridized carbons (Fsp3) is 0.611. The Labute approximate surface area is 151 Å². The molecule has 1 amide bonds. The van der Waals surface area contributed by atoms with Crippen molar-refractivity contribution in [2.24, 2.45) is 11.7 Å². The third-order valence-corrected chi connectivity index (χ3v) is 5.73. The van der Waals surface area contributed by atoms with Gasteiger partial charge in [-0.1, -0.05) is 20.8 Å². The predicted molar refractivity (Wildman–Crippen MR) is 101 cm³/mol. The minimum atomic E-state index is -3.57. The lowest BCUT2D eigenvalue weighted by molar-refractivity contribution is 0.0898. The van der Waals surface area contributed by atoms with Gasteiger partial charge in [-0.15, -0.1) is 0 Å². The van der Waals surface area contributed by atoms with Gasteiger partial charge in [-0.3, -0.25) is 4.79 Å². The zero-order valence-electron chi connectivity index (χ0n) is 15.8. The summed E-state index contributed by atoms with van der Waals surface area (Å²) in [4.78, 5) is 12.6. The molecular weight excluding hydrogens is 338 g/mol. The van der Waals surface area contributed by atoms with Crippen molar-refractivity contribution in [1.82, 2.24) is 10.0 Å². The van der Waals surface area contributed by atoms with E-state index in [4.69, 9.17) is 5.73 Å². The maximum atomic E-state index is 12.5. The molecule has 0 aliphatic rings. The summed E-state index contributed by atoms with van der Waals surface area (Å²) < 4.78 is 27.1. The van der Waals surface area contributed by atoms with Crippen molar-refractivity contribution in [1.29, 1.82) is 0 Å². The first kappa shape index (κ1) is 21.6. The first-order valence-electron chi connectivity index (χ1n) is 8.68. The average Bonchev–Trinajstić information content (AvgIpc) is 2.53. The van der Waals surface area contributed by atoms with Gasteiger partial charge in [0.15, 0.2) is 0 Å². The van der Waals surface area contributed by atoms with Crippen molar-refractivity contribution in [2.75, 3.05) is 6.54 Å². The number of nitrogens with one attached hydrogen (secondary N) is 2. The SMILES string of the molecule is CCC(C)NS(=O)(=O)c1ccc(C(=O)NC(C)(CN)CC(C)C)cc1. The smallest absolute Gasteiger partial charge is 0.251 e. The summed E-state index contributed by atoms with van der Waals surface area (Å²) in [7, 11) is -3.57. The summed E-state index contributed by atoms with van der Waals surface area (Å²) in [6, 6.07) is 5.79. The Bertz CT molecular complexity index is 671. The molecule has 1 aromatic rings. The number of hydrogen-bond acceptors (Lipinski definition) is 4. The highest BCUT2D eigenvalue weighted by Crippen LogP contribution is 2.17. The Balaban J connectivity index is 2.90. The number of nitrogens with two attached hydrogens (primary N) is 1. The van der Waals surface area contributed by atoms with Gasteiger partial charge in [0.2, 0.25) is 10.0 Å². The molecule has 0 saturated heterocycles. The average molecular weight is 370 g/mol. The minimum Gasteiger partial charge on any atom is -0.346 e. The van der Waals surface area contributed by atoms with Crippen LogP contribution in [-0.2, 0) is 10.0 Å². The number of rotatable bonds is 9. The molecule has 1 rings (SSSR count). The molecule has 25 heavy (non-hydrogen) atoms. The first-order chi connectivity index (χ1) is 11.5. The van der Waals surface area contributed by atoms with E-state index in [1.165, 1.54) is 24.3 Å². The lowest BCUT2D eigenvalue weighted by Crippen LogP contribution is -2.52. The molecule has 6 nitrogen and oxygen atoms in total. The molecule has 0 saturated carbocycles. The zero-order chi connectivity index (χ0) is 19.3. The van der Waals surface area contributed by atoms with Crippen LogP contribution in [0.25, 0.3) is 0 Å². The summed E-state index contributed by atoms with van der Waals surface area (Å²) in [5, 5.41) is 2.96. The van der Waals surface area contributed by atoms with Crippen molar-refractivity contribution in [2.45, 2.75) is 63.9 Å². The number of amides is 1. The summed E-state index contributed by atoms with van der Waals surface area (Å²) in [6.45, 7) is 10.1. The van der Waals surface area contributed by atoms with Crippen molar-refractivity contribution in [3.05, 3.63) is 29.8 Å². The molecule has 142 valence electrons. The van der Waals surface area contributed by atoms with E-state index in [1.54, 1.807) is 0 Å². The van der Waals surface area contributed by atoms with Crippen molar-refractivity contribution in [3.8, 4) is 0 Å². The van der Waals surface area contributed by atoms with Crippen LogP contribution in [0.4, 0.5) is 0 Å². The quantitative estimate of drug-likeness (QED) is 0.621. The number of carbonyl (C=O) groups excluding carboxylic acids is 1. The molecule has 0 aromatic heterocycles. The van der Waals surface area contributed by atoms with Crippen LogP contribution in [0, 0.1) is 5.92 Å². The van der Waals surface area contributed by atoms with Crippen LogP contribution in [0.15, 0.2) is 29.2 Å². The van der Waals surface area contributed by atoms with E-state index in [1.807, 2.05) is 20.8 Å². The minimum absolute atomic E-state index is 0.144. The predicted octanol–water partition coefficient (Wildman–Crippen LogP) is 2.26. The normalized spacial score (nSPS) is 15.6. The largest absolute Gasteiger partial charge is 0.346 e. The molecule has 0 bridgehead atoms. The topological polar surface area (TPSA) is 101 Å². The van der Waals surface area contributed by atoms with Crippen LogP contribution in [-0.4, -0.2) is 32.5 Å². The summed E-state index contributed by atoms with van der Waals surface area (Å²) in [6.07, 6.45) is 1.47. The van der Waals surface area contributed by atoms with Crippen molar-refractivity contribution < 1.29 is 13.2 Å². The maximum Gasteiger partial charge on any atom is 0.251 e. The molecule has 0 heterocycles. The van der Waals surface area contributed by atoms with E-state index >= 15 is 0 Å². The molecule has 0 aliphatic heterocycles. The molecule has 0 spiro atoms. The molecule has 7 heteroatoms. The van der Waals surface area contributed by atoms with Gasteiger partial charge >= 0.3 is 0 Å². The Kier molecular flexibility index (Phi) is 7.59. The summed E-state index contributed by atoms with van der Waals surface area (Å²) in [5.74, 6) is 0.139.